The molecule has 1 aliphatic rings. The molecule has 212 valence electrons. The Morgan fingerprint density at radius 1 is 1.10 bits per heavy atom. The third-order valence-corrected chi connectivity index (χ3v) is 8.49. The number of anilines is 1. The molecule has 4 aromatic rings. The standard InChI is InChI=1S/C32H33ClN4O3S/c1-20(2)17-34-27(38)18-36-28(39)19-41-31(26-8-6-5-7-21(26)3)29-30(22-9-11-23(33)12-10-22)35-37(32(29)36)24-13-15-25(40-4)16-14-24/h5-16,20,31H,17-19H2,1-4H3,(H,34,38)/t31-/m0/s1. The van der Waals surface area contributed by atoms with Gasteiger partial charge in [0.2, 0.25) is 11.8 Å². The average Bonchev–Trinajstić information content (AvgIpc) is 3.29. The molecule has 41 heavy (non-hydrogen) atoms. The Kier molecular flexibility index (Phi) is 8.71. The van der Waals surface area contributed by atoms with Crippen LogP contribution in [-0.2, 0) is 9.59 Å². The van der Waals surface area contributed by atoms with Gasteiger partial charge in [-0.3, -0.25) is 14.5 Å². The lowest BCUT2D eigenvalue weighted by Gasteiger charge is -2.24. The molecular formula is C32H33ClN4O3S. The van der Waals surface area contributed by atoms with Gasteiger partial charge in [0.1, 0.15) is 18.1 Å². The highest BCUT2D eigenvalue weighted by atomic mass is 35.5. The van der Waals surface area contributed by atoms with E-state index < -0.39 is 0 Å². The van der Waals surface area contributed by atoms with E-state index in [9.17, 15) is 9.59 Å². The zero-order valence-corrected chi connectivity index (χ0v) is 25.1. The fourth-order valence-corrected chi connectivity index (χ4v) is 6.31. The minimum absolute atomic E-state index is 0.110. The fourth-order valence-electron chi connectivity index (χ4n) is 4.89. The van der Waals surface area contributed by atoms with E-state index in [4.69, 9.17) is 21.4 Å². The number of methoxy groups -OCH3 is 1. The van der Waals surface area contributed by atoms with Gasteiger partial charge in [-0.1, -0.05) is 61.8 Å². The Labute approximate surface area is 249 Å². The Hall–Kier alpha value is -3.75. The van der Waals surface area contributed by atoms with Crippen molar-refractivity contribution in [3.8, 4) is 22.7 Å². The van der Waals surface area contributed by atoms with Crippen molar-refractivity contribution >= 4 is 41.0 Å². The zero-order chi connectivity index (χ0) is 29.1. The minimum atomic E-state index is -0.215. The summed E-state index contributed by atoms with van der Waals surface area (Å²) >= 11 is 7.81. The van der Waals surface area contributed by atoms with Crippen molar-refractivity contribution in [3.63, 3.8) is 0 Å². The number of amides is 2. The smallest absolute Gasteiger partial charge is 0.240 e. The summed E-state index contributed by atoms with van der Waals surface area (Å²) in [6.45, 7) is 6.57. The molecule has 1 N–H and O–H groups in total. The number of thioether (sulfide) groups is 1. The van der Waals surface area contributed by atoms with Crippen molar-refractivity contribution in [2.75, 3.05) is 30.9 Å². The van der Waals surface area contributed by atoms with Crippen molar-refractivity contribution in [1.82, 2.24) is 15.1 Å². The number of fused-ring (bicyclic) bond motifs is 1. The highest BCUT2D eigenvalue weighted by Gasteiger charge is 2.38. The predicted octanol–water partition coefficient (Wildman–Crippen LogP) is 6.45. The first-order chi connectivity index (χ1) is 19.8. The number of nitrogens with one attached hydrogen (secondary N) is 1. The van der Waals surface area contributed by atoms with Gasteiger partial charge < -0.3 is 10.1 Å². The SMILES string of the molecule is COc1ccc(-n2nc(-c3ccc(Cl)cc3)c3c2N(CC(=O)NCC(C)C)C(=O)CS[C@H]3c2ccccc2C)cc1. The van der Waals surface area contributed by atoms with Crippen molar-refractivity contribution in [2.24, 2.45) is 5.92 Å². The summed E-state index contributed by atoms with van der Waals surface area (Å²) in [5.74, 6) is 1.43. The molecule has 1 aliphatic heterocycles. The highest BCUT2D eigenvalue weighted by Crippen LogP contribution is 2.49. The first-order valence-corrected chi connectivity index (χ1v) is 15.0. The summed E-state index contributed by atoms with van der Waals surface area (Å²) in [6.07, 6.45) is 0. The van der Waals surface area contributed by atoms with Crippen LogP contribution < -0.4 is 15.0 Å². The van der Waals surface area contributed by atoms with Gasteiger partial charge in [-0.05, 0) is 60.4 Å². The first kappa shape index (κ1) is 28.8. The second kappa shape index (κ2) is 12.4. The number of ether oxygens (including phenoxy) is 1. The van der Waals surface area contributed by atoms with Crippen LogP contribution in [0.3, 0.4) is 0 Å². The van der Waals surface area contributed by atoms with Crippen LogP contribution in [0.5, 0.6) is 5.75 Å². The average molecular weight is 589 g/mol. The van der Waals surface area contributed by atoms with Crippen LogP contribution in [0.15, 0.2) is 72.8 Å². The molecule has 0 radical (unpaired) electrons. The van der Waals surface area contributed by atoms with Gasteiger partial charge in [0.15, 0.2) is 0 Å². The molecule has 9 heteroatoms. The Morgan fingerprint density at radius 3 is 2.46 bits per heavy atom. The number of hydrogen-bond donors (Lipinski definition) is 1. The van der Waals surface area contributed by atoms with Crippen molar-refractivity contribution in [1.29, 1.82) is 0 Å². The molecule has 0 saturated carbocycles. The molecule has 1 atom stereocenters. The molecule has 0 spiro atoms. The van der Waals surface area contributed by atoms with Crippen LogP contribution in [0.2, 0.25) is 5.02 Å². The maximum Gasteiger partial charge on any atom is 0.240 e. The van der Waals surface area contributed by atoms with Gasteiger partial charge in [0.05, 0.1) is 29.5 Å². The number of carbonyl (C=O) groups excluding carboxylic acids is 2. The number of aromatic nitrogens is 2. The van der Waals surface area contributed by atoms with E-state index in [0.717, 1.165) is 33.6 Å². The maximum absolute atomic E-state index is 13.8. The molecule has 0 aliphatic carbocycles. The lowest BCUT2D eigenvalue weighted by atomic mass is 9.96. The number of hydrogen-bond acceptors (Lipinski definition) is 5. The number of nitrogens with zero attached hydrogens (tertiary/aromatic N) is 3. The van der Waals surface area contributed by atoms with Crippen molar-refractivity contribution in [3.05, 3.63) is 94.5 Å². The summed E-state index contributed by atoms with van der Waals surface area (Å²) in [7, 11) is 1.62. The highest BCUT2D eigenvalue weighted by molar-refractivity contribution is 8.00. The second-order valence-electron chi connectivity index (χ2n) is 10.4. The summed E-state index contributed by atoms with van der Waals surface area (Å²) < 4.78 is 7.17. The second-order valence-corrected chi connectivity index (χ2v) is 12.0. The number of aryl methyl sites for hydroxylation is 1. The van der Waals surface area contributed by atoms with Crippen molar-refractivity contribution < 1.29 is 14.3 Å². The minimum Gasteiger partial charge on any atom is -0.497 e. The Bertz CT molecular complexity index is 1550. The predicted molar refractivity (Wildman–Crippen MR) is 166 cm³/mol. The molecule has 1 aromatic heterocycles. The normalized spacial score (nSPS) is 15.0. The van der Waals surface area contributed by atoms with Gasteiger partial charge in [-0.2, -0.15) is 5.10 Å². The van der Waals surface area contributed by atoms with E-state index in [0.29, 0.717) is 23.1 Å². The van der Waals surface area contributed by atoms with Gasteiger partial charge in [-0.15, -0.1) is 11.8 Å². The third-order valence-electron chi connectivity index (χ3n) is 7.00. The molecule has 2 heterocycles. The van der Waals surface area contributed by atoms with Gasteiger partial charge in [0, 0.05) is 22.7 Å². The topological polar surface area (TPSA) is 76.5 Å². The number of rotatable bonds is 8. The molecule has 7 nitrogen and oxygen atoms in total. The monoisotopic (exact) mass is 588 g/mol. The summed E-state index contributed by atoms with van der Waals surface area (Å²) in [5.41, 5.74) is 5.45. The Morgan fingerprint density at radius 2 is 1.80 bits per heavy atom. The number of halogens is 1. The molecule has 0 fully saturated rings. The fraction of sp³-hybridized carbons (Fsp3) is 0.281. The quantitative estimate of drug-likeness (QED) is 0.256. The van der Waals surface area contributed by atoms with E-state index in [-0.39, 0.29) is 35.3 Å². The van der Waals surface area contributed by atoms with E-state index in [1.165, 1.54) is 0 Å². The molecule has 3 aromatic carbocycles. The largest absolute Gasteiger partial charge is 0.497 e. The Balaban J connectivity index is 1.77. The molecule has 0 unspecified atom stereocenters. The van der Waals surface area contributed by atoms with Crippen LogP contribution >= 0.6 is 23.4 Å². The molecular weight excluding hydrogens is 556 g/mol. The molecule has 2 amide bonds. The van der Waals surface area contributed by atoms with Gasteiger partial charge >= 0.3 is 0 Å². The van der Waals surface area contributed by atoms with E-state index in [1.807, 2.05) is 74.5 Å². The third kappa shape index (κ3) is 6.14. The molecule has 0 saturated heterocycles. The summed E-state index contributed by atoms with van der Waals surface area (Å²) in [6, 6.07) is 23.3. The maximum atomic E-state index is 13.8. The first-order valence-electron chi connectivity index (χ1n) is 13.5. The van der Waals surface area contributed by atoms with E-state index in [1.54, 1.807) is 28.5 Å². The van der Waals surface area contributed by atoms with Crippen LogP contribution in [0, 0.1) is 12.8 Å². The van der Waals surface area contributed by atoms with E-state index in [2.05, 4.69) is 24.4 Å². The van der Waals surface area contributed by atoms with Gasteiger partial charge in [0.25, 0.3) is 0 Å². The summed E-state index contributed by atoms with van der Waals surface area (Å²) in [5, 5.41) is 8.52. The number of benzene rings is 3. The molecule has 5 rings (SSSR count). The van der Waals surface area contributed by atoms with Crippen LogP contribution in [0.25, 0.3) is 16.9 Å². The van der Waals surface area contributed by atoms with Crippen LogP contribution in [0.1, 0.15) is 35.8 Å². The van der Waals surface area contributed by atoms with Crippen molar-refractivity contribution in [2.45, 2.75) is 26.0 Å². The van der Waals surface area contributed by atoms with Crippen LogP contribution in [-0.4, -0.2) is 47.5 Å². The molecule has 0 bridgehead atoms. The number of carbonyl (C=O) groups is 2. The van der Waals surface area contributed by atoms with E-state index >= 15 is 0 Å². The summed E-state index contributed by atoms with van der Waals surface area (Å²) in [4.78, 5) is 28.6. The lowest BCUT2D eigenvalue weighted by molar-refractivity contribution is -0.123. The zero-order valence-electron chi connectivity index (χ0n) is 23.6. The van der Waals surface area contributed by atoms with Crippen LogP contribution in [0.4, 0.5) is 5.82 Å². The lowest BCUT2D eigenvalue weighted by Crippen LogP contribution is -2.43. The van der Waals surface area contributed by atoms with Gasteiger partial charge in [-0.25, -0.2) is 4.68 Å².